The molecule has 0 aliphatic carbocycles. The van der Waals surface area contributed by atoms with E-state index in [-0.39, 0.29) is 11.5 Å². The molecule has 0 aliphatic rings. The van der Waals surface area contributed by atoms with Crippen molar-refractivity contribution in [1.29, 1.82) is 0 Å². The highest BCUT2D eigenvalue weighted by Crippen LogP contribution is 2.19. The van der Waals surface area contributed by atoms with Crippen molar-refractivity contribution >= 4 is 27.5 Å². The molecule has 0 aliphatic heterocycles. The third-order valence-electron chi connectivity index (χ3n) is 3.21. The number of aromatic nitrogens is 2. The summed E-state index contributed by atoms with van der Waals surface area (Å²) < 4.78 is 0.657. The van der Waals surface area contributed by atoms with E-state index in [2.05, 4.69) is 22.2 Å². The molecule has 7 heteroatoms. The molecule has 0 spiro atoms. The summed E-state index contributed by atoms with van der Waals surface area (Å²) in [4.78, 5) is 32.9. The maximum absolute atomic E-state index is 12.0. The number of aryl methyl sites for hydroxylation is 1. The highest BCUT2D eigenvalue weighted by molar-refractivity contribution is 7.17. The van der Waals surface area contributed by atoms with Gasteiger partial charge >= 0.3 is 0 Å². The Labute approximate surface area is 127 Å². The Morgan fingerprint density at radius 1 is 1.52 bits per heavy atom. The van der Waals surface area contributed by atoms with Crippen molar-refractivity contribution in [3.63, 3.8) is 0 Å². The Bertz CT molecular complexity index is 692. The summed E-state index contributed by atoms with van der Waals surface area (Å²) in [6, 6.07) is 0. The van der Waals surface area contributed by atoms with Crippen LogP contribution in [0.3, 0.4) is 0 Å². The molecule has 0 fully saturated rings. The van der Waals surface area contributed by atoms with Crippen LogP contribution in [0.4, 0.5) is 0 Å². The van der Waals surface area contributed by atoms with Gasteiger partial charge in [0.2, 0.25) is 5.91 Å². The van der Waals surface area contributed by atoms with Crippen LogP contribution >= 0.6 is 11.3 Å². The number of hydrogen-bond donors (Lipinski definition) is 2. The minimum atomic E-state index is -0.107. The topological polar surface area (TPSA) is 78.1 Å². The van der Waals surface area contributed by atoms with E-state index in [1.807, 2.05) is 17.2 Å². The molecule has 2 aromatic heterocycles. The number of likely N-dealkylation sites (N-methyl/N-ethyl adjacent to an activating group) is 1. The van der Waals surface area contributed by atoms with Crippen LogP contribution in [0.5, 0.6) is 0 Å². The van der Waals surface area contributed by atoms with Gasteiger partial charge in [-0.05, 0) is 30.8 Å². The van der Waals surface area contributed by atoms with Crippen LogP contribution in [0.2, 0.25) is 0 Å². The lowest BCUT2D eigenvalue weighted by Crippen LogP contribution is -2.36. The largest absolute Gasteiger partial charge is 0.358 e. The van der Waals surface area contributed by atoms with Crippen LogP contribution in [-0.2, 0) is 11.3 Å². The van der Waals surface area contributed by atoms with Gasteiger partial charge in [-0.15, -0.1) is 11.3 Å². The van der Waals surface area contributed by atoms with Crippen molar-refractivity contribution in [2.45, 2.75) is 26.8 Å². The van der Waals surface area contributed by atoms with Gasteiger partial charge < -0.3 is 10.3 Å². The summed E-state index contributed by atoms with van der Waals surface area (Å²) in [7, 11) is 1.62. The standard InChI is InChI=1S/C14H20N4O2S/c1-4-5-18(7-11(19)15-3)6-10-16-12-9(2)8-21-13(12)14(20)17-10/h8H,4-7H2,1-3H3,(H,15,19)(H,16,17,20). The Morgan fingerprint density at radius 2 is 2.29 bits per heavy atom. The molecule has 0 unspecified atom stereocenters. The van der Waals surface area contributed by atoms with Gasteiger partial charge in [-0.3, -0.25) is 14.5 Å². The van der Waals surface area contributed by atoms with E-state index in [9.17, 15) is 9.59 Å². The SMILES string of the molecule is CCCN(CC(=O)NC)Cc1nc2c(C)csc2c(=O)[nH]1. The van der Waals surface area contributed by atoms with Gasteiger partial charge in [0.1, 0.15) is 10.5 Å². The zero-order valence-corrected chi connectivity index (χ0v) is 13.3. The third kappa shape index (κ3) is 3.68. The maximum Gasteiger partial charge on any atom is 0.268 e. The Morgan fingerprint density at radius 3 is 2.95 bits per heavy atom. The highest BCUT2D eigenvalue weighted by atomic mass is 32.1. The van der Waals surface area contributed by atoms with Gasteiger partial charge in [0.15, 0.2) is 0 Å². The number of carbonyl (C=O) groups excluding carboxylic acids is 1. The fraction of sp³-hybridized carbons (Fsp3) is 0.500. The van der Waals surface area contributed by atoms with Crippen molar-refractivity contribution in [3.8, 4) is 0 Å². The summed E-state index contributed by atoms with van der Waals surface area (Å²) in [5.41, 5.74) is 1.66. The minimum absolute atomic E-state index is 0.0430. The van der Waals surface area contributed by atoms with Crippen LogP contribution in [0.1, 0.15) is 24.7 Å². The van der Waals surface area contributed by atoms with Gasteiger partial charge in [0.05, 0.1) is 18.6 Å². The van der Waals surface area contributed by atoms with Crippen LogP contribution in [-0.4, -0.2) is 40.9 Å². The fourth-order valence-electron chi connectivity index (χ4n) is 2.19. The van der Waals surface area contributed by atoms with Crippen LogP contribution < -0.4 is 10.9 Å². The first-order valence-corrected chi connectivity index (χ1v) is 7.83. The number of thiophene rings is 1. The number of hydrogen-bond acceptors (Lipinski definition) is 5. The lowest BCUT2D eigenvalue weighted by atomic mass is 10.3. The summed E-state index contributed by atoms with van der Waals surface area (Å²) in [5, 5.41) is 4.55. The van der Waals surface area contributed by atoms with E-state index in [0.717, 1.165) is 24.0 Å². The second-order valence-corrected chi connectivity index (χ2v) is 5.87. The van der Waals surface area contributed by atoms with Gasteiger partial charge in [0, 0.05) is 7.05 Å². The molecule has 1 amide bonds. The van der Waals surface area contributed by atoms with Crippen LogP contribution in [0, 0.1) is 6.92 Å². The molecule has 0 aromatic carbocycles. The Balaban J connectivity index is 2.25. The number of carbonyl (C=O) groups is 1. The average Bonchev–Trinajstić information content (AvgIpc) is 2.81. The lowest BCUT2D eigenvalue weighted by molar-refractivity contribution is -0.121. The molecule has 114 valence electrons. The third-order valence-corrected chi connectivity index (χ3v) is 4.30. The van der Waals surface area contributed by atoms with E-state index < -0.39 is 0 Å². The molecule has 2 aromatic rings. The average molecular weight is 308 g/mol. The number of rotatable bonds is 6. The van der Waals surface area contributed by atoms with Crippen molar-refractivity contribution < 1.29 is 4.79 Å². The molecule has 2 heterocycles. The molecular formula is C14H20N4O2S. The van der Waals surface area contributed by atoms with Crippen molar-refractivity contribution in [2.75, 3.05) is 20.1 Å². The van der Waals surface area contributed by atoms with Gasteiger partial charge in [0.25, 0.3) is 5.56 Å². The molecule has 21 heavy (non-hydrogen) atoms. The molecule has 6 nitrogen and oxygen atoms in total. The molecule has 0 bridgehead atoms. The summed E-state index contributed by atoms with van der Waals surface area (Å²) in [6.07, 6.45) is 0.931. The molecule has 0 radical (unpaired) electrons. The van der Waals surface area contributed by atoms with Gasteiger partial charge in [-0.2, -0.15) is 0 Å². The zero-order chi connectivity index (χ0) is 15.4. The second-order valence-electron chi connectivity index (χ2n) is 4.99. The van der Waals surface area contributed by atoms with E-state index in [0.29, 0.717) is 23.6 Å². The Hall–Kier alpha value is -1.73. The predicted molar refractivity (Wildman–Crippen MR) is 84.6 cm³/mol. The predicted octanol–water partition coefficient (Wildman–Crippen LogP) is 1.25. The minimum Gasteiger partial charge on any atom is -0.358 e. The summed E-state index contributed by atoms with van der Waals surface area (Å²) in [6.45, 7) is 5.54. The first-order chi connectivity index (χ1) is 10.0. The van der Waals surface area contributed by atoms with E-state index in [1.165, 1.54) is 11.3 Å². The number of amides is 1. The van der Waals surface area contributed by atoms with E-state index in [1.54, 1.807) is 7.05 Å². The zero-order valence-electron chi connectivity index (χ0n) is 12.5. The molecular weight excluding hydrogens is 288 g/mol. The number of aromatic amines is 1. The normalized spacial score (nSPS) is 11.2. The fourth-order valence-corrected chi connectivity index (χ4v) is 3.07. The summed E-state index contributed by atoms with van der Waals surface area (Å²) >= 11 is 1.41. The number of H-pyrrole nitrogens is 1. The Kier molecular flexibility index (Phi) is 5.08. The number of fused-ring (bicyclic) bond motifs is 1. The van der Waals surface area contributed by atoms with Crippen molar-refractivity contribution in [2.24, 2.45) is 0 Å². The molecule has 2 rings (SSSR count). The molecule has 0 saturated heterocycles. The smallest absolute Gasteiger partial charge is 0.268 e. The lowest BCUT2D eigenvalue weighted by Gasteiger charge is -2.19. The van der Waals surface area contributed by atoms with E-state index in [4.69, 9.17) is 0 Å². The van der Waals surface area contributed by atoms with Crippen molar-refractivity contribution in [3.05, 3.63) is 27.1 Å². The highest BCUT2D eigenvalue weighted by Gasteiger charge is 2.13. The van der Waals surface area contributed by atoms with Gasteiger partial charge in [-0.25, -0.2) is 4.98 Å². The van der Waals surface area contributed by atoms with E-state index >= 15 is 0 Å². The first-order valence-electron chi connectivity index (χ1n) is 6.95. The van der Waals surface area contributed by atoms with Crippen LogP contribution in [0.15, 0.2) is 10.2 Å². The summed E-state index contributed by atoms with van der Waals surface area (Å²) in [5.74, 6) is 0.560. The molecule has 2 N–H and O–H groups in total. The number of nitrogens with zero attached hydrogens (tertiary/aromatic N) is 2. The quantitative estimate of drug-likeness (QED) is 0.842. The maximum atomic E-state index is 12.0. The van der Waals surface area contributed by atoms with Crippen molar-refractivity contribution in [1.82, 2.24) is 20.2 Å². The van der Waals surface area contributed by atoms with Gasteiger partial charge in [-0.1, -0.05) is 6.92 Å². The molecule has 0 saturated carbocycles. The first kappa shape index (κ1) is 15.7. The van der Waals surface area contributed by atoms with Crippen LogP contribution in [0.25, 0.3) is 10.2 Å². The molecule has 0 atom stereocenters. The second kappa shape index (κ2) is 6.82. The monoisotopic (exact) mass is 308 g/mol. The number of nitrogens with one attached hydrogen (secondary N) is 2.